The topological polar surface area (TPSA) is 69.6 Å². The maximum Gasteiger partial charge on any atom is 0.326 e. The smallest absolute Gasteiger partial charge is 0.326 e. The highest BCUT2D eigenvalue weighted by atomic mass is 16.4. The van der Waals surface area contributed by atoms with Crippen LogP contribution in [0.3, 0.4) is 0 Å². The third-order valence-electron chi connectivity index (χ3n) is 2.79. The molecule has 1 saturated carbocycles. The Morgan fingerprint density at radius 1 is 1.44 bits per heavy atom. The van der Waals surface area contributed by atoms with E-state index in [1.165, 1.54) is 12.8 Å². The summed E-state index contributed by atoms with van der Waals surface area (Å²) in [6.45, 7) is 4.27. The first-order valence-corrected chi connectivity index (χ1v) is 5.66. The summed E-state index contributed by atoms with van der Waals surface area (Å²) < 4.78 is 0. The van der Waals surface area contributed by atoms with Gasteiger partial charge >= 0.3 is 12.0 Å². The number of hydrogen-bond acceptors (Lipinski definition) is 2. The Labute approximate surface area is 95.8 Å². The van der Waals surface area contributed by atoms with Crippen LogP contribution in [0.15, 0.2) is 0 Å². The quantitative estimate of drug-likeness (QED) is 0.741. The normalized spacial score (nSPS) is 17.0. The Bertz CT molecular complexity index is 274. The van der Waals surface area contributed by atoms with E-state index in [0.717, 1.165) is 6.54 Å². The lowest BCUT2D eigenvalue weighted by Gasteiger charge is -2.23. The molecule has 2 amide bonds. The predicted molar refractivity (Wildman–Crippen MR) is 60.1 cm³/mol. The molecule has 0 aromatic carbocycles. The van der Waals surface area contributed by atoms with Crippen LogP contribution in [0.1, 0.15) is 26.7 Å². The van der Waals surface area contributed by atoms with Crippen molar-refractivity contribution in [1.29, 1.82) is 0 Å². The molecule has 0 aromatic rings. The second-order valence-electron chi connectivity index (χ2n) is 4.83. The molecule has 0 unspecified atom stereocenters. The van der Waals surface area contributed by atoms with Crippen molar-refractivity contribution in [3.8, 4) is 0 Å². The van der Waals surface area contributed by atoms with E-state index in [0.29, 0.717) is 5.92 Å². The summed E-state index contributed by atoms with van der Waals surface area (Å²) in [7, 11) is 1.70. The van der Waals surface area contributed by atoms with Gasteiger partial charge < -0.3 is 15.3 Å². The Morgan fingerprint density at radius 3 is 2.38 bits per heavy atom. The minimum Gasteiger partial charge on any atom is -0.480 e. The van der Waals surface area contributed by atoms with Crippen LogP contribution in [-0.2, 0) is 4.79 Å². The van der Waals surface area contributed by atoms with Gasteiger partial charge in [-0.05, 0) is 24.7 Å². The highest BCUT2D eigenvalue weighted by Gasteiger charge is 2.28. The number of nitrogens with one attached hydrogen (secondary N) is 1. The summed E-state index contributed by atoms with van der Waals surface area (Å²) in [6, 6.07) is -1.11. The van der Waals surface area contributed by atoms with Gasteiger partial charge in [-0.25, -0.2) is 9.59 Å². The first kappa shape index (κ1) is 12.8. The van der Waals surface area contributed by atoms with Gasteiger partial charge in [-0.2, -0.15) is 0 Å². The number of aliphatic carboxylic acids is 1. The van der Waals surface area contributed by atoms with E-state index < -0.39 is 12.0 Å². The molecule has 1 rings (SSSR count). The van der Waals surface area contributed by atoms with E-state index in [2.05, 4.69) is 5.32 Å². The average molecular weight is 228 g/mol. The molecule has 1 aliphatic rings. The van der Waals surface area contributed by atoms with E-state index in [-0.39, 0.29) is 11.9 Å². The summed E-state index contributed by atoms with van der Waals surface area (Å²) in [5.74, 6) is -0.489. The Hall–Kier alpha value is -1.26. The molecule has 0 heterocycles. The van der Waals surface area contributed by atoms with Gasteiger partial charge in [0, 0.05) is 13.6 Å². The zero-order valence-corrected chi connectivity index (χ0v) is 10.1. The number of carboxylic acid groups (broad SMARTS) is 1. The predicted octanol–water partition coefficient (Wildman–Crippen LogP) is 1.15. The summed E-state index contributed by atoms with van der Waals surface area (Å²) in [5.41, 5.74) is 0. The molecule has 1 fully saturated rings. The van der Waals surface area contributed by atoms with Crippen molar-refractivity contribution in [3.05, 3.63) is 0 Å². The molecule has 5 heteroatoms. The molecule has 5 nitrogen and oxygen atoms in total. The monoisotopic (exact) mass is 228 g/mol. The zero-order chi connectivity index (χ0) is 12.3. The minimum absolute atomic E-state index is 0.115. The first-order valence-electron chi connectivity index (χ1n) is 5.66. The van der Waals surface area contributed by atoms with Gasteiger partial charge in [0.1, 0.15) is 6.04 Å². The fourth-order valence-electron chi connectivity index (χ4n) is 1.53. The lowest BCUT2D eigenvalue weighted by molar-refractivity contribution is -0.140. The summed E-state index contributed by atoms with van der Waals surface area (Å²) in [5, 5.41) is 11.5. The maximum absolute atomic E-state index is 11.7. The largest absolute Gasteiger partial charge is 0.480 e. The van der Waals surface area contributed by atoms with Crippen LogP contribution in [0, 0.1) is 11.8 Å². The first-order chi connectivity index (χ1) is 7.41. The molecular weight excluding hydrogens is 208 g/mol. The molecule has 0 aliphatic heterocycles. The van der Waals surface area contributed by atoms with Crippen molar-refractivity contribution in [2.24, 2.45) is 11.8 Å². The standard InChI is InChI=1S/C11H20N2O3/c1-7(2)9(10(14)15)12-11(16)13(3)6-8-4-5-8/h7-9H,4-6H2,1-3H3,(H,12,16)(H,14,15)/t9-/m1/s1. The van der Waals surface area contributed by atoms with Crippen molar-refractivity contribution in [1.82, 2.24) is 10.2 Å². The Morgan fingerprint density at radius 2 is 2.00 bits per heavy atom. The SMILES string of the molecule is CC(C)[C@@H](NC(=O)N(C)CC1CC1)C(=O)O. The number of carbonyl (C=O) groups excluding carboxylic acids is 1. The molecule has 0 aromatic heterocycles. The van der Waals surface area contributed by atoms with E-state index in [4.69, 9.17) is 5.11 Å². The van der Waals surface area contributed by atoms with Gasteiger partial charge in [0.25, 0.3) is 0 Å². The number of carboxylic acids is 1. The fraction of sp³-hybridized carbons (Fsp3) is 0.818. The van der Waals surface area contributed by atoms with Crippen molar-refractivity contribution in [2.75, 3.05) is 13.6 Å². The Balaban J connectivity index is 2.43. The third-order valence-corrected chi connectivity index (χ3v) is 2.79. The second-order valence-corrected chi connectivity index (χ2v) is 4.83. The summed E-state index contributed by atoms with van der Waals surface area (Å²) >= 11 is 0. The lowest BCUT2D eigenvalue weighted by Crippen LogP contribution is -2.49. The molecule has 0 saturated heterocycles. The fourth-order valence-corrected chi connectivity index (χ4v) is 1.53. The molecule has 16 heavy (non-hydrogen) atoms. The number of amides is 2. The molecular formula is C11H20N2O3. The maximum atomic E-state index is 11.7. The van der Waals surface area contributed by atoms with Gasteiger partial charge in [0.15, 0.2) is 0 Å². The van der Waals surface area contributed by atoms with E-state index >= 15 is 0 Å². The molecule has 1 aliphatic carbocycles. The lowest BCUT2D eigenvalue weighted by atomic mass is 10.1. The molecule has 0 bridgehead atoms. The van der Waals surface area contributed by atoms with Gasteiger partial charge in [0.05, 0.1) is 0 Å². The summed E-state index contributed by atoms with van der Waals surface area (Å²) in [4.78, 5) is 24.1. The van der Waals surface area contributed by atoms with Gasteiger partial charge in [0.2, 0.25) is 0 Å². The number of urea groups is 1. The van der Waals surface area contributed by atoms with E-state index in [1.54, 1.807) is 25.8 Å². The molecule has 1 atom stereocenters. The molecule has 2 N–H and O–H groups in total. The third kappa shape index (κ3) is 3.72. The van der Waals surface area contributed by atoms with Crippen molar-refractivity contribution >= 4 is 12.0 Å². The van der Waals surface area contributed by atoms with Crippen molar-refractivity contribution < 1.29 is 14.7 Å². The minimum atomic E-state index is -0.983. The summed E-state index contributed by atoms with van der Waals surface area (Å²) in [6.07, 6.45) is 2.34. The van der Waals surface area contributed by atoms with E-state index in [1.807, 2.05) is 0 Å². The van der Waals surface area contributed by atoms with Gasteiger partial charge in [-0.1, -0.05) is 13.8 Å². The van der Waals surface area contributed by atoms with Gasteiger partial charge in [-0.15, -0.1) is 0 Å². The molecule has 0 spiro atoms. The van der Waals surface area contributed by atoms with Crippen LogP contribution >= 0.6 is 0 Å². The van der Waals surface area contributed by atoms with Crippen LogP contribution in [0.4, 0.5) is 4.79 Å². The number of hydrogen-bond donors (Lipinski definition) is 2. The van der Waals surface area contributed by atoms with Crippen LogP contribution < -0.4 is 5.32 Å². The molecule has 92 valence electrons. The van der Waals surface area contributed by atoms with Crippen LogP contribution in [0.5, 0.6) is 0 Å². The van der Waals surface area contributed by atoms with Crippen LogP contribution in [0.2, 0.25) is 0 Å². The zero-order valence-electron chi connectivity index (χ0n) is 10.1. The highest BCUT2D eigenvalue weighted by Crippen LogP contribution is 2.29. The second kappa shape index (κ2) is 5.18. The van der Waals surface area contributed by atoms with Crippen molar-refractivity contribution in [2.45, 2.75) is 32.7 Å². The van der Waals surface area contributed by atoms with Crippen LogP contribution in [0.25, 0.3) is 0 Å². The average Bonchev–Trinajstić information content (AvgIpc) is 2.96. The molecule has 0 radical (unpaired) electrons. The Kier molecular flexibility index (Phi) is 4.15. The van der Waals surface area contributed by atoms with Crippen LogP contribution in [-0.4, -0.2) is 41.6 Å². The van der Waals surface area contributed by atoms with E-state index in [9.17, 15) is 9.59 Å². The number of rotatable bonds is 5. The highest BCUT2D eigenvalue weighted by molar-refractivity contribution is 5.82. The number of nitrogens with zero attached hydrogens (tertiary/aromatic N) is 1. The van der Waals surface area contributed by atoms with Gasteiger partial charge in [-0.3, -0.25) is 0 Å². The van der Waals surface area contributed by atoms with Crippen molar-refractivity contribution in [3.63, 3.8) is 0 Å². The number of carbonyl (C=O) groups is 2.